The van der Waals surface area contributed by atoms with Gasteiger partial charge in [-0.15, -0.1) is 0 Å². The maximum atomic E-state index is 5.74. The highest BCUT2D eigenvalue weighted by Crippen LogP contribution is 2.15. The van der Waals surface area contributed by atoms with Crippen molar-refractivity contribution in [2.45, 2.75) is 110 Å². The smallest absolute Gasteiger partial charge is 0.104 e. The van der Waals surface area contributed by atoms with Crippen LogP contribution in [0, 0.1) is 0 Å². The first-order valence-electron chi connectivity index (χ1n) is 9.56. The molecule has 2 heteroatoms. The number of rotatable bonds is 16. The molecule has 2 unspecified atom stereocenters. The number of ether oxygens (including phenoxy) is 2. The average Bonchev–Trinajstić information content (AvgIpc) is 3.30. The van der Waals surface area contributed by atoms with E-state index in [2.05, 4.69) is 13.8 Å². The molecule has 0 amide bonds. The Hall–Kier alpha value is -0.0800. The van der Waals surface area contributed by atoms with Gasteiger partial charge in [0.15, 0.2) is 0 Å². The summed E-state index contributed by atoms with van der Waals surface area (Å²) in [7, 11) is 0. The fourth-order valence-corrected chi connectivity index (χ4v) is 2.79. The standard InChI is InChI=1S/C19H38O2/c1-3-4-5-6-7-8-9-10-11-12-13-14-15-18(2)20-16-19-17-21-19/h18-19H,3-17H2,1-2H3. The molecule has 0 N–H and O–H groups in total. The van der Waals surface area contributed by atoms with Crippen molar-refractivity contribution >= 4 is 0 Å². The summed E-state index contributed by atoms with van der Waals surface area (Å²) in [5, 5.41) is 0. The molecule has 0 aromatic heterocycles. The lowest BCUT2D eigenvalue weighted by molar-refractivity contribution is 0.0476. The molecule has 2 nitrogen and oxygen atoms in total. The zero-order valence-electron chi connectivity index (χ0n) is 14.6. The van der Waals surface area contributed by atoms with Crippen LogP contribution in [0.5, 0.6) is 0 Å². The second kappa shape index (κ2) is 13.6. The summed E-state index contributed by atoms with van der Waals surface area (Å²) in [6.07, 6.45) is 19.1. The molecule has 0 radical (unpaired) electrons. The zero-order chi connectivity index (χ0) is 15.2. The molecule has 0 bridgehead atoms. The van der Waals surface area contributed by atoms with Crippen LogP contribution in [0.15, 0.2) is 0 Å². The molecule has 1 rings (SSSR count). The maximum absolute atomic E-state index is 5.74. The number of epoxide rings is 1. The van der Waals surface area contributed by atoms with Crippen molar-refractivity contribution in [1.29, 1.82) is 0 Å². The van der Waals surface area contributed by atoms with Crippen LogP contribution in [0.1, 0.15) is 97.3 Å². The molecule has 1 aliphatic rings. The molecule has 1 heterocycles. The SMILES string of the molecule is CCCCCCCCCCCCCCC(C)OCC1CO1. The Morgan fingerprint density at radius 3 is 1.81 bits per heavy atom. The Bertz CT molecular complexity index is 214. The Kier molecular flexibility index (Phi) is 12.3. The van der Waals surface area contributed by atoms with E-state index in [0.717, 1.165) is 13.2 Å². The van der Waals surface area contributed by atoms with Crippen molar-refractivity contribution < 1.29 is 9.47 Å². The highest BCUT2D eigenvalue weighted by molar-refractivity contribution is 4.68. The van der Waals surface area contributed by atoms with Gasteiger partial charge < -0.3 is 9.47 Å². The monoisotopic (exact) mass is 298 g/mol. The lowest BCUT2D eigenvalue weighted by Gasteiger charge is -2.11. The van der Waals surface area contributed by atoms with Gasteiger partial charge in [0.1, 0.15) is 6.10 Å². The molecule has 1 fully saturated rings. The highest BCUT2D eigenvalue weighted by atomic mass is 16.6. The molecule has 126 valence electrons. The van der Waals surface area contributed by atoms with E-state index in [9.17, 15) is 0 Å². The van der Waals surface area contributed by atoms with Crippen LogP contribution in [-0.4, -0.2) is 25.4 Å². The largest absolute Gasteiger partial charge is 0.376 e. The third-order valence-electron chi connectivity index (χ3n) is 4.43. The van der Waals surface area contributed by atoms with Crippen molar-refractivity contribution in [1.82, 2.24) is 0 Å². The fourth-order valence-electron chi connectivity index (χ4n) is 2.79. The van der Waals surface area contributed by atoms with Gasteiger partial charge in [-0.1, -0.05) is 84.0 Å². The van der Waals surface area contributed by atoms with Crippen LogP contribution < -0.4 is 0 Å². The number of unbranched alkanes of at least 4 members (excludes halogenated alkanes) is 11. The average molecular weight is 299 g/mol. The molecule has 1 saturated heterocycles. The Morgan fingerprint density at radius 1 is 0.857 bits per heavy atom. The van der Waals surface area contributed by atoms with E-state index in [1.807, 2.05) is 0 Å². The molecule has 2 atom stereocenters. The summed E-state index contributed by atoms with van der Waals surface area (Å²) in [6, 6.07) is 0. The summed E-state index contributed by atoms with van der Waals surface area (Å²) in [5.74, 6) is 0. The second-order valence-corrected chi connectivity index (χ2v) is 6.78. The van der Waals surface area contributed by atoms with Gasteiger partial charge in [-0.2, -0.15) is 0 Å². The molecular weight excluding hydrogens is 260 g/mol. The normalized spacial score (nSPS) is 18.9. The van der Waals surface area contributed by atoms with Crippen LogP contribution in [0.25, 0.3) is 0 Å². The summed E-state index contributed by atoms with van der Waals surface area (Å²) in [5.41, 5.74) is 0. The molecule has 0 aromatic carbocycles. The van der Waals surface area contributed by atoms with Crippen molar-refractivity contribution in [3.63, 3.8) is 0 Å². The Labute approximate surface area is 133 Å². The summed E-state index contributed by atoms with van der Waals surface area (Å²) >= 11 is 0. The van der Waals surface area contributed by atoms with Gasteiger partial charge in [-0.3, -0.25) is 0 Å². The fraction of sp³-hybridized carbons (Fsp3) is 1.00. The van der Waals surface area contributed by atoms with E-state index in [1.54, 1.807) is 0 Å². The maximum Gasteiger partial charge on any atom is 0.104 e. The topological polar surface area (TPSA) is 21.8 Å². The van der Waals surface area contributed by atoms with Crippen molar-refractivity contribution in [3.05, 3.63) is 0 Å². The minimum absolute atomic E-state index is 0.412. The predicted octanol–water partition coefficient (Wildman–Crippen LogP) is 5.88. The van der Waals surface area contributed by atoms with Gasteiger partial charge in [0.2, 0.25) is 0 Å². The molecule has 1 aliphatic heterocycles. The van der Waals surface area contributed by atoms with Crippen molar-refractivity contribution in [2.24, 2.45) is 0 Å². The van der Waals surface area contributed by atoms with Crippen LogP contribution >= 0.6 is 0 Å². The van der Waals surface area contributed by atoms with E-state index in [4.69, 9.17) is 9.47 Å². The van der Waals surface area contributed by atoms with E-state index < -0.39 is 0 Å². The van der Waals surface area contributed by atoms with Gasteiger partial charge in [0.25, 0.3) is 0 Å². The number of hydrogen-bond donors (Lipinski definition) is 0. The minimum atomic E-state index is 0.412. The van der Waals surface area contributed by atoms with Gasteiger partial charge in [0, 0.05) is 0 Å². The van der Waals surface area contributed by atoms with E-state index in [0.29, 0.717) is 12.2 Å². The van der Waals surface area contributed by atoms with Crippen LogP contribution in [0.2, 0.25) is 0 Å². The van der Waals surface area contributed by atoms with E-state index in [1.165, 1.54) is 83.5 Å². The van der Waals surface area contributed by atoms with Crippen molar-refractivity contribution in [2.75, 3.05) is 13.2 Å². The van der Waals surface area contributed by atoms with Gasteiger partial charge in [-0.25, -0.2) is 0 Å². The molecule has 0 aliphatic carbocycles. The van der Waals surface area contributed by atoms with E-state index in [-0.39, 0.29) is 0 Å². The lowest BCUT2D eigenvalue weighted by atomic mass is 10.0. The summed E-state index contributed by atoms with van der Waals surface area (Å²) in [6.45, 7) is 6.19. The Balaban J connectivity index is 1.68. The highest BCUT2D eigenvalue weighted by Gasteiger charge is 2.23. The third-order valence-corrected chi connectivity index (χ3v) is 4.43. The molecular formula is C19H38O2. The third kappa shape index (κ3) is 13.3. The lowest BCUT2D eigenvalue weighted by Crippen LogP contribution is -2.12. The van der Waals surface area contributed by atoms with Crippen molar-refractivity contribution in [3.8, 4) is 0 Å². The van der Waals surface area contributed by atoms with Crippen LogP contribution in [-0.2, 0) is 9.47 Å². The summed E-state index contributed by atoms with van der Waals surface area (Å²) in [4.78, 5) is 0. The summed E-state index contributed by atoms with van der Waals surface area (Å²) < 4.78 is 10.9. The van der Waals surface area contributed by atoms with Gasteiger partial charge >= 0.3 is 0 Å². The first-order valence-corrected chi connectivity index (χ1v) is 9.56. The minimum Gasteiger partial charge on any atom is -0.376 e. The Morgan fingerprint density at radius 2 is 1.33 bits per heavy atom. The first-order chi connectivity index (χ1) is 10.3. The van der Waals surface area contributed by atoms with Gasteiger partial charge in [0.05, 0.1) is 19.3 Å². The zero-order valence-corrected chi connectivity index (χ0v) is 14.6. The quantitative estimate of drug-likeness (QED) is 0.262. The van der Waals surface area contributed by atoms with Crippen LogP contribution in [0.4, 0.5) is 0 Å². The predicted molar refractivity (Wildman–Crippen MR) is 90.8 cm³/mol. The molecule has 21 heavy (non-hydrogen) atoms. The van der Waals surface area contributed by atoms with Crippen LogP contribution in [0.3, 0.4) is 0 Å². The number of hydrogen-bond acceptors (Lipinski definition) is 2. The second-order valence-electron chi connectivity index (χ2n) is 6.78. The van der Waals surface area contributed by atoms with E-state index >= 15 is 0 Å². The molecule has 0 aromatic rings. The van der Waals surface area contributed by atoms with Gasteiger partial charge in [-0.05, 0) is 13.3 Å². The molecule has 0 spiro atoms. The first kappa shape index (κ1) is 19.0. The molecule has 0 saturated carbocycles.